The third-order valence-electron chi connectivity index (χ3n) is 1.24. The molecule has 3 nitrogen and oxygen atoms in total. The first kappa shape index (κ1) is 9.03. The largest absolute Gasteiger partial charge is 0.313 e. The van der Waals surface area contributed by atoms with Crippen molar-refractivity contribution in [2.24, 2.45) is 10.8 Å². The fourth-order valence-corrected chi connectivity index (χ4v) is 0.959. The molecule has 4 heteroatoms. The summed E-state index contributed by atoms with van der Waals surface area (Å²) in [4.78, 5) is 0. The lowest BCUT2D eigenvalue weighted by atomic mass is 10.2. The van der Waals surface area contributed by atoms with Gasteiger partial charge >= 0.3 is 0 Å². The van der Waals surface area contributed by atoms with E-state index in [0.29, 0.717) is 11.7 Å². The van der Waals surface area contributed by atoms with Crippen LogP contribution in [0.1, 0.15) is 5.56 Å². The molecule has 0 heterocycles. The van der Waals surface area contributed by atoms with Crippen molar-refractivity contribution in [2.75, 3.05) is 6.67 Å². The number of hydrazone groups is 1. The minimum atomic E-state index is 0.330. The Hall–Kier alpha value is -1.06. The van der Waals surface area contributed by atoms with Crippen molar-refractivity contribution >= 4 is 17.8 Å². The Morgan fingerprint density at radius 3 is 3.08 bits per heavy atom. The van der Waals surface area contributed by atoms with Crippen molar-refractivity contribution < 1.29 is 0 Å². The zero-order valence-corrected chi connectivity index (χ0v) is 7.25. The van der Waals surface area contributed by atoms with Crippen LogP contribution in [0.3, 0.4) is 0 Å². The van der Waals surface area contributed by atoms with E-state index in [1.165, 1.54) is 0 Å². The Bertz CT molecular complexity index is 273. The normalized spacial score (nSPS) is 10.5. The van der Waals surface area contributed by atoms with Crippen molar-refractivity contribution in [2.45, 2.75) is 0 Å². The first-order valence-corrected chi connectivity index (χ1v) is 3.92. The van der Waals surface area contributed by atoms with Crippen molar-refractivity contribution in [1.29, 1.82) is 0 Å². The number of rotatable bonds is 3. The van der Waals surface area contributed by atoms with Gasteiger partial charge in [0.2, 0.25) is 0 Å². The Balaban J connectivity index is 2.63. The maximum absolute atomic E-state index is 5.75. The summed E-state index contributed by atoms with van der Waals surface area (Å²) in [7, 11) is 0. The van der Waals surface area contributed by atoms with Crippen LogP contribution < -0.4 is 11.2 Å². The van der Waals surface area contributed by atoms with Gasteiger partial charge in [0.25, 0.3) is 0 Å². The third-order valence-corrected chi connectivity index (χ3v) is 1.48. The molecule has 3 N–H and O–H groups in total. The summed E-state index contributed by atoms with van der Waals surface area (Å²) >= 11 is 5.75. The van der Waals surface area contributed by atoms with Gasteiger partial charge < -0.3 is 5.73 Å². The van der Waals surface area contributed by atoms with Crippen molar-refractivity contribution in [3.8, 4) is 0 Å². The van der Waals surface area contributed by atoms with E-state index >= 15 is 0 Å². The molecular weight excluding hydrogens is 174 g/mol. The quantitative estimate of drug-likeness (QED) is 0.420. The number of benzene rings is 1. The van der Waals surface area contributed by atoms with Crippen LogP contribution in [0.25, 0.3) is 0 Å². The van der Waals surface area contributed by atoms with Gasteiger partial charge in [-0.3, -0.25) is 5.43 Å². The molecule has 0 atom stereocenters. The smallest absolute Gasteiger partial charge is 0.0798 e. The molecular formula is C8H10ClN3. The van der Waals surface area contributed by atoms with E-state index < -0.39 is 0 Å². The Morgan fingerprint density at radius 1 is 1.58 bits per heavy atom. The highest BCUT2D eigenvalue weighted by Gasteiger charge is 1.88. The molecule has 0 amide bonds. The molecule has 12 heavy (non-hydrogen) atoms. The van der Waals surface area contributed by atoms with Gasteiger partial charge in [-0.2, -0.15) is 5.10 Å². The molecule has 0 saturated heterocycles. The van der Waals surface area contributed by atoms with Gasteiger partial charge in [0.1, 0.15) is 0 Å². The average molecular weight is 184 g/mol. The summed E-state index contributed by atoms with van der Waals surface area (Å²) < 4.78 is 0. The summed E-state index contributed by atoms with van der Waals surface area (Å²) in [5.41, 5.74) is 8.74. The van der Waals surface area contributed by atoms with Crippen molar-refractivity contribution in [3.63, 3.8) is 0 Å². The maximum Gasteiger partial charge on any atom is 0.0798 e. The molecule has 64 valence electrons. The Morgan fingerprint density at radius 2 is 2.42 bits per heavy atom. The lowest BCUT2D eigenvalue weighted by molar-refractivity contribution is 0.764. The van der Waals surface area contributed by atoms with Crippen LogP contribution in [0, 0.1) is 0 Å². The van der Waals surface area contributed by atoms with Gasteiger partial charge in [0.15, 0.2) is 0 Å². The molecule has 1 rings (SSSR count). The van der Waals surface area contributed by atoms with Gasteiger partial charge in [-0.05, 0) is 17.7 Å². The third kappa shape index (κ3) is 2.90. The van der Waals surface area contributed by atoms with Crippen LogP contribution in [0.15, 0.2) is 29.4 Å². The van der Waals surface area contributed by atoms with E-state index in [0.717, 1.165) is 5.56 Å². The second kappa shape index (κ2) is 4.74. The summed E-state index contributed by atoms with van der Waals surface area (Å²) in [5.74, 6) is 0. The monoisotopic (exact) mass is 183 g/mol. The highest BCUT2D eigenvalue weighted by Crippen LogP contribution is 2.08. The van der Waals surface area contributed by atoms with Crippen LogP contribution >= 0.6 is 11.6 Å². The molecule has 0 fully saturated rings. The van der Waals surface area contributed by atoms with Crippen LogP contribution in [-0.2, 0) is 0 Å². The topological polar surface area (TPSA) is 50.4 Å². The minimum absolute atomic E-state index is 0.330. The molecule has 0 spiro atoms. The van der Waals surface area contributed by atoms with Crippen LogP contribution in [-0.4, -0.2) is 12.9 Å². The molecule has 0 unspecified atom stereocenters. The first-order chi connectivity index (χ1) is 5.83. The fraction of sp³-hybridized carbons (Fsp3) is 0.125. The van der Waals surface area contributed by atoms with Crippen LogP contribution in [0.5, 0.6) is 0 Å². The Labute approximate surface area is 76.2 Å². The van der Waals surface area contributed by atoms with E-state index in [2.05, 4.69) is 10.5 Å². The molecule has 1 aromatic rings. The second-order valence-corrected chi connectivity index (χ2v) is 2.61. The summed E-state index contributed by atoms with van der Waals surface area (Å²) in [5, 5.41) is 4.54. The van der Waals surface area contributed by atoms with Gasteiger partial charge in [0.05, 0.1) is 12.9 Å². The van der Waals surface area contributed by atoms with Crippen LogP contribution in [0.2, 0.25) is 5.02 Å². The highest BCUT2D eigenvalue weighted by atomic mass is 35.5. The van der Waals surface area contributed by atoms with E-state index in [4.69, 9.17) is 17.3 Å². The maximum atomic E-state index is 5.75. The molecule has 0 aliphatic rings. The standard InChI is InChI=1S/C8H10ClN3/c9-8-3-1-2-7(4-8)5-11-12-6-10/h1-5,12H,6,10H2/b11-5+. The molecule has 1 aromatic carbocycles. The minimum Gasteiger partial charge on any atom is -0.313 e. The number of nitrogens with zero attached hydrogens (tertiary/aromatic N) is 1. The van der Waals surface area contributed by atoms with E-state index in [9.17, 15) is 0 Å². The summed E-state index contributed by atoms with van der Waals surface area (Å²) in [6.07, 6.45) is 1.67. The predicted molar refractivity (Wildman–Crippen MR) is 51.2 cm³/mol. The van der Waals surface area contributed by atoms with Gasteiger partial charge in [-0.1, -0.05) is 23.7 Å². The molecule has 0 radical (unpaired) electrons. The van der Waals surface area contributed by atoms with Gasteiger partial charge in [-0.25, -0.2) is 0 Å². The van der Waals surface area contributed by atoms with E-state index in [1.807, 2.05) is 24.3 Å². The summed E-state index contributed by atoms with van der Waals surface area (Å²) in [6, 6.07) is 7.41. The lowest BCUT2D eigenvalue weighted by Gasteiger charge is -1.94. The number of halogens is 1. The first-order valence-electron chi connectivity index (χ1n) is 3.54. The molecule has 0 bridgehead atoms. The van der Waals surface area contributed by atoms with Gasteiger partial charge in [-0.15, -0.1) is 0 Å². The highest BCUT2D eigenvalue weighted by molar-refractivity contribution is 6.30. The second-order valence-electron chi connectivity index (χ2n) is 2.18. The predicted octanol–water partition coefficient (Wildman–Crippen LogP) is 1.18. The van der Waals surface area contributed by atoms with Crippen LogP contribution in [0.4, 0.5) is 0 Å². The number of nitrogens with two attached hydrogens (primary N) is 1. The number of nitrogens with one attached hydrogen (secondary N) is 1. The molecule has 0 saturated carbocycles. The number of hydrogen-bond donors (Lipinski definition) is 2. The van der Waals surface area contributed by atoms with Crippen molar-refractivity contribution in [3.05, 3.63) is 34.9 Å². The average Bonchev–Trinajstić information content (AvgIpc) is 2.05. The molecule has 0 aliphatic carbocycles. The fourth-order valence-electron chi connectivity index (χ4n) is 0.760. The molecule has 0 aliphatic heterocycles. The zero-order valence-electron chi connectivity index (χ0n) is 6.50. The number of hydrogen-bond acceptors (Lipinski definition) is 3. The van der Waals surface area contributed by atoms with E-state index in [1.54, 1.807) is 6.21 Å². The van der Waals surface area contributed by atoms with E-state index in [-0.39, 0.29) is 0 Å². The SMILES string of the molecule is NCN/N=C/c1cccc(Cl)c1. The lowest BCUT2D eigenvalue weighted by Crippen LogP contribution is -2.16. The van der Waals surface area contributed by atoms with Gasteiger partial charge in [0, 0.05) is 5.02 Å². The van der Waals surface area contributed by atoms with Crippen molar-refractivity contribution in [1.82, 2.24) is 5.43 Å². The summed E-state index contributed by atoms with van der Waals surface area (Å²) in [6.45, 7) is 0.330. The Kier molecular flexibility index (Phi) is 3.57. The zero-order chi connectivity index (χ0) is 8.81. The molecule has 0 aromatic heterocycles.